The molecule has 0 saturated carbocycles. The van der Waals surface area contributed by atoms with E-state index in [0.717, 1.165) is 24.5 Å². The van der Waals surface area contributed by atoms with Gasteiger partial charge in [0.2, 0.25) is 5.91 Å². The summed E-state index contributed by atoms with van der Waals surface area (Å²) in [7, 11) is 0. The number of hydrogen-bond acceptors (Lipinski definition) is 3. The molecule has 1 aliphatic heterocycles. The average molecular weight is 233 g/mol. The van der Waals surface area contributed by atoms with Crippen molar-refractivity contribution in [1.82, 2.24) is 10.3 Å². The van der Waals surface area contributed by atoms with E-state index in [9.17, 15) is 4.79 Å². The van der Waals surface area contributed by atoms with Crippen molar-refractivity contribution in [3.05, 3.63) is 23.9 Å². The highest BCUT2D eigenvalue weighted by Crippen LogP contribution is 2.17. The van der Waals surface area contributed by atoms with Crippen LogP contribution in [0, 0.1) is 0 Å². The molecule has 4 nitrogen and oxygen atoms in total. The first-order valence-corrected chi connectivity index (χ1v) is 6.20. The van der Waals surface area contributed by atoms with E-state index in [-0.39, 0.29) is 5.91 Å². The standard InChI is InChI=1S/C13H19N3O/c1-11(17)14-9-12-5-6-13(15-10-12)16-7-3-2-4-8-16/h5-6,10H,2-4,7-9H2,1H3,(H,14,17). The van der Waals surface area contributed by atoms with Crippen molar-refractivity contribution >= 4 is 11.7 Å². The van der Waals surface area contributed by atoms with E-state index in [0.29, 0.717) is 6.54 Å². The molecule has 1 fully saturated rings. The number of nitrogens with zero attached hydrogens (tertiary/aromatic N) is 2. The fourth-order valence-electron chi connectivity index (χ4n) is 2.06. The molecule has 0 aliphatic carbocycles. The van der Waals surface area contributed by atoms with E-state index in [4.69, 9.17) is 0 Å². The summed E-state index contributed by atoms with van der Waals surface area (Å²) in [5.41, 5.74) is 1.04. The van der Waals surface area contributed by atoms with Crippen LogP contribution in [0.15, 0.2) is 18.3 Å². The van der Waals surface area contributed by atoms with Crippen molar-refractivity contribution < 1.29 is 4.79 Å². The number of amides is 1. The number of anilines is 1. The Bertz CT molecular complexity index is 369. The number of aromatic nitrogens is 1. The normalized spacial score (nSPS) is 15.7. The van der Waals surface area contributed by atoms with Gasteiger partial charge in [-0.2, -0.15) is 0 Å². The van der Waals surface area contributed by atoms with Gasteiger partial charge in [-0.15, -0.1) is 0 Å². The number of nitrogens with one attached hydrogen (secondary N) is 1. The summed E-state index contributed by atoms with van der Waals surface area (Å²) in [6, 6.07) is 4.08. The van der Waals surface area contributed by atoms with Gasteiger partial charge in [-0.3, -0.25) is 4.79 Å². The Morgan fingerprint density at radius 1 is 1.35 bits per heavy atom. The SMILES string of the molecule is CC(=O)NCc1ccc(N2CCCCC2)nc1. The Kier molecular flexibility index (Phi) is 3.96. The van der Waals surface area contributed by atoms with Crippen LogP contribution in [0.3, 0.4) is 0 Å². The second-order valence-corrected chi connectivity index (χ2v) is 4.48. The molecule has 92 valence electrons. The summed E-state index contributed by atoms with van der Waals surface area (Å²) >= 11 is 0. The maximum Gasteiger partial charge on any atom is 0.217 e. The number of rotatable bonds is 3. The Morgan fingerprint density at radius 3 is 2.71 bits per heavy atom. The molecule has 1 aromatic rings. The lowest BCUT2D eigenvalue weighted by atomic mass is 10.1. The summed E-state index contributed by atoms with van der Waals surface area (Å²) in [5.74, 6) is 1.04. The van der Waals surface area contributed by atoms with Gasteiger partial charge in [-0.1, -0.05) is 6.07 Å². The third-order valence-electron chi connectivity index (χ3n) is 3.03. The molecular weight excluding hydrogens is 214 g/mol. The van der Waals surface area contributed by atoms with Crippen LogP contribution < -0.4 is 10.2 Å². The molecule has 1 saturated heterocycles. The lowest BCUT2D eigenvalue weighted by Gasteiger charge is -2.27. The van der Waals surface area contributed by atoms with Crippen molar-refractivity contribution in [2.45, 2.75) is 32.7 Å². The van der Waals surface area contributed by atoms with Gasteiger partial charge in [0, 0.05) is 32.8 Å². The van der Waals surface area contributed by atoms with Gasteiger partial charge < -0.3 is 10.2 Å². The van der Waals surface area contributed by atoms with Crippen molar-refractivity contribution in [2.24, 2.45) is 0 Å². The quantitative estimate of drug-likeness (QED) is 0.864. The summed E-state index contributed by atoms with van der Waals surface area (Å²) in [4.78, 5) is 17.6. The predicted octanol–water partition coefficient (Wildman–Crippen LogP) is 1.71. The summed E-state index contributed by atoms with van der Waals surface area (Å²) < 4.78 is 0. The molecule has 2 rings (SSSR count). The molecule has 17 heavy (non-hydrogen) atoms. The predicted molar refractivity (Wildman–Crippen MR) is 67.8 cm³/mol. The first-order valence-electron chi connectivity index (χ1n) is 6.20. The first kappa shape index (κ1) is 11.9. The van der Waals surface area contributed by atoms with Gasteiger partial charge in [0.1, 0.15) is 5.82 Å². The minimum atomic E-state index is -0.00916. The van der Waals surface area contributed by atoms with Crippen LogP contribution in [0.4, 0.5) is 5.82 Å². The number of piperidine rings is 1. The molecular formula is C13H19N3O. The van der Waals surface area contributed by atoms with E-state index in [2.05, 4.69) is 15.2 Å². The second-order valence-electron chi connectivity index (χ2n) is 4.48. The zero-order valence-electron chi connectivity index (χ0n) is 10.3. The third-order valence-corrected chi connectivity index (χ3v) is 3.03. The Morgan fingerprint density at radius 2 is 2.12 bits per heavy atom. The monoisotopic (exact) mass is 233 g/mol. The third kappa shape index (κ3) is 3.44. The van der Waals surface area contributed by atoms with Crippen LogP contribution >= 0.6 is 0 Å². The molecule has 1 N–H and O–H groups in total. The number of pyridine rings is 1. The topological polar surface area (TPSA) is 45.2 Å². The lowest BCUT2D eigenvalue weighted by molar-refractivity contribution is -0.119. The van der Waals surface area contributed by atoms with E-state index < -0.39 is 0 Å². The average Bonchev–Trinajstić information content (AvgIpc) is 2.38. The highest BCUT2D eigenvalue weighted by atomic mass is 16.1. The van der Waals surface area contributed by atoms with Gasteiger partial charge >= 0.3 is 0 Å². The number of carbonyl (C=O) groups is 1. The second kappa shape index (κ2) is 5.66. The molecule has 0 spiro atoms. The fraction of sp³-hybridized carbons (Fsp3) is 0.538. The molecule has 2 heterocycles. The Labute approximate surface area is 102 Å². The number of carbonyl (C=O) groups excluding carboxylic acids is 1. The van der Waals surface area contributed by atoms with Crippen LogP contribution in [0.2, 0.25) is 0 Å². The van der Waals surface area contributed by atoms with E-state index in [1.54, 1.807) is 0 Å². The van der Waals surface area contributed by atoms with Crippen LogP contribution in [-0.4, -0.2) is 24.0 Å². The van der Waals surface area contributed by atoms with Gasteiger partial charge in [0.15, 0.2) is 0 Å². The lowest BCUT2D eigenvalue weighted by Crippen LogP contribution is -2.30. The van der Waals surface area contributed by atoms with Gasteiger partial charge in [0.05, 0.1) is 0 Å². The minimum absolute atomic E-state index is 0.00916. The zero-order chi connectivity index (χ0) is 12.1. The smallest absolute Gasteiger partial charge is 0.217 e. The van der Waals surface area contributed by atoms with Crippen LogP contribution in [0.5, 0.6) is 0 Å². The van der Waals surface area contributed by atoms with Crippen molar-refractivity contribution in [1.29, 1.82) is 0 Å². The van der Waals surface area contributed by atoms with Crippen molar-refractivity contribution in [3.63, 3.8) is 0 Å². The molecule has 0 aromatic carbocycles. The van der Waals surface area contributed by atoms with Crippen LogP contribution in [-0.2, 0) is 11.3 Å². The van der Waals surface area contributed by atoms with Crippen LogP contribution in [0.1, 0.15) is 31.7 Å². The van der Waals surface area contributed by atoms with Crippen molar-refractivity contribution in [3.8, 4) is 0 Å². The summed E-state index contributed by atoms with van der Waals surface area (Å²) in [6.07, 6.45) is 5.70. The summed E-state index contributed by atoms with van der Waals surface area (Å²) in [6.45, 7) is 4.30. The summed E-state index contributed by atoms with van der Waals surface area (Å²) in [5, 5.41) is 2.77. The first-order chi connectivity index (χ1) is 8.25. The molecule has 4 heteroatoms. The molecule has 1 aromatic heterocycles. The number of hydrogen-bond donors (Lipinski definition) is 1. The Balaban J connectivity index is 1.94. The van der Waals surface area contributed by atoms with Gasteiger partial charge in [-0.25, -0.2) is 4.98 Å². The molecule has 0 unspecified atom stereocenters. The van der Waals surface area contributed by atoms with E-state index >= 15 is 0 Å². The van der Waals surface area contributed by atoms with Gasteiger partial charge in [0.25, 0.3) is 0 Å². The minimum Gasteiger partial charge on any atom is -0.357 e. The van der Waals surface area contributed by atoms with E-state index in [1.165, 1.54) is 26.2 Å². The maximum absolute atomic E-state index is 10.8. The molecule has 0 bridgehead atoms. The zero-order valence-corrected chi connectivity index (χ0v) is 10.3. The molecule has 0 atom stereocenters. The van der Waals surface area contributed by atoms with Crippen LogP contribution in [0.25, 0.3) is 0 Å². The molecule has 1 amide bonds. The Hall–Kier alpha value is -1.58. The maximum atomic E-state index is 10.8. The highest BCUT2D eigenvalue weighted by Gasteiger charge is 2.11. The molecule has 0 radical (unpaired) electrons. The van der Waals surface area contributed by atoms with Crippen molar-refractivity contribution in [2.75, 3.05) is 18.0 Å². The van der Waals surface area contributed by atoms with E-state index in [1.807, 2.05) is 18.3 Å². The van der Waals surface area contributed by atoms with Gasteiger partial charge in [-0.05, 0) is 30.9 Å². The largest absolute Gasteiger partial charge is 0.357 e. The molecule has 1 aliphatic rings. The fourth-order valence-corrected chi connectivity index (χ4v) is 2.06. The highest BCUT2D eigenvalue weighted by molar-refractivity contribution is 5.72.